The van der Waals surface area contributed by atoms with Gasteiger partial charge in [0.1, 0.15) is 0 Å². The van der Waals surface area contributed by atoms with Crippen LogP contribution in [0.5, 0.6) is 0 Å². The molecule has 1 heteroatoms. The van der Waals surface area contributed by atoms with Crippen LogP contribution >= 0.6 is 0 Å². The van der Waals surface area contributed by atoms with Gasteiger partial charge in [0.15, 0.2) is 0 Å². The van der Waals surface area contributed by atoms with Crippen LogP contribution in [0.3, 0.4) is 0 Å². The van der Waals surface area contributed by atoms with E-state index in [9.17, 15) is 0 Å². The maximum absolute atomic E-state index is 2.28. The fourth-order valence-corrected chi connectivity index (χ4v) is 1.97. The van der Waals surface area contributed by atoms with Crippen LogP contribution < -0.4 is 0 Å². The molecule has 0 aromatic rings. The Morgan fingerprint density at radius 3 is 1.28 bits per heavy atom. The highest BCUT2D eigenvalue weighted by Crippen LogP contribution is 2.26. The molecule has 0 bridgehead atoms. The smallest absolute Gasteiger partial charge is 0.0274 e. The van der Waals surface area contributed by atoms with Crippen molar-refractivity contribution >= 4 is 0 Å². The minimum absolute atomic E-state index is 0.521. The van der Waals surface area contributed by atoms with Gasteiger partial charge < -0.3 is 4.90 Å². The van der Waals surface area contributed by atoms with Crippen LogP contribution in [0.25, 0.3) is 0 Å². The van der Waals surface area contributed by atoms with Gasteiger partial charge in [-0.15, -0.1) is 0 Å². The molecule has 0 N–H and O–H groups in total. The van der Waals surface area contributed by atoms with Crippen molar-refractivity contribution in [3.8, 4) is 0 Å². The zero-order valence-electron chi connectivity index (χ0n) is 13.5. The summed E-state index contributed by atoms with van der Waals surface area (Å²) in [7, 11) is 0. The first kappa shape index (κ1) is 17.0. The molecule has 1 nitrogen and oxygen atoms in total. The van der Waals surface area contributed by atoms with E-state index >= 15 is 0 Å². The molecular formula is C17H31N. The molecule has 18 heavy (non-hydrogen) atoms. The molecule has 1 rings (SSSR count). The standard InChI is InChI=1S/C15H25N.C2H6/c1-11(2)14-7-9-16(13(5)6)10-8-15(14)12(3)4;1-2/h7-13H,1-6H3;1-2H3. The fraction of sp³-hybridized carbons (Fsp3) is 0.647. The van der Waals surface area contributed by atoms with Crippen LogP contribution in [0.1, 0.15) is 55.4 Å². The van der Waals surface area contributed by atoms with Crippen LogP contribution in [0.15, 0.2) is 35.7 Å². The summed E-state index contributed by atoms with van der Waals surface area (Å²) in [6.45, 7) is 17.5. The average molecular weight is 249 g/mol. The largest absolute Gasteiger partial charge is 0.352 e. The predicted molar refractivity (Wildman–Crippen MR) is 83.3 cm³/mol. The minimum atomic E-state index is 0.521. The van der Waals surface area contributed by atoms with Crippen molar-refractivity contribution in [1.82, 2.24) is 4.90 Å². The summed E-state index contributed by atoms with van der Waals surface area (Å²) in [4.78, 5) is 2.26. The Morgan fingerprint density at radius 1 is 0.722 bits per heavy atom. The normalized spacial score (nSPS) is 15.4. The quantitative estimate of drug-likeness (QED) is 0.649. The molecule has 0 saturated carbocycles. The van der Waals surface area contributed by atoms with E-state index in [1.807, 2.05) is 13.8 Å². The van der Waals surface area contributed by atoms with Crippen LogP contribution in [0.2, 0.25) is 0 Å². The van der Waals surface area contributed by atoms with Gasteiger partial charge in [-0.2, -0.15) is 0 Å². The van der Waals surface area contributed by atoms with Crippen molar-refractivity contribution in [2.75, 3.05) is 0 Å². The average Bonchev–Trinajstić information content (AvgIpc) is 2.53. The van der Waals surface area contributed by atoms with Crippen molar-refractivity contribution < 1.29 is 0 Å². The SMILES string of the molecule is CC.CC(C)C1=C(C(C)C)C=CN(C(C)C)C=C1. The lowest BCUT2D eigenvalue weighted by Crippen LogP contribution is -2.18. The zero-order chi connectivity index (χ0) is 14.3. The van der Waals surface area contributed by atoms with Gasteiger partial charge in [-0.1, -0.05) is 41.5 Å². The number of nitrogens with zero attached hydrogens (tertiary/aromatic N) is 1. The lowest BCUT2D eigenvalue weighted by molar-refractivity contribution is 0.417. The first-order valence-corrected chi connectivity index (χ1v) is 7.31. The highest BCUT2D eigenvalue weighted by Gasteiger charge is 2.13. The van der Waals surface area contributed by atoms with Gasteiger partial charge in [0.2, 0.25) is 0 Å². The second-order valence-electron chi connectivity index (χ2n) is 5.39. The van der Waals surface area contributed by atoms with Crippen LogP contribution in [0, 0.1) is 11.8 Å². The highest BCUT2D eigenvalue weighted by atomic mass is 15.1. The molecule has 0 fully saturated rings. The van der Waals surface area contributed by atoms with E-state index in [2.05, 4.69) is 71.0 Å². The third kappa shape index (κ3) is 4.72. The van der Waals surface area contributed by atoms with E-state index in [0.29, 0.717) is 17.9 Å². The number of hydrogen-bond donors (Lipinski definition) is 0. The van der Waals surface area contributed by atoms with Crippen molar-refractivity contribution in [2.45, 2.75) is 61.4 Å². The van der Waals surface area contributed by atoms with Gasteiger partial charge in [-0.25, -0.2) is 0 Å². The molecule has 0 unspecified atom stereocenters. The molecule has 0 aromatic heterocycles. The van der Waals surface area contributed by atoms with Gasteiger partial charge >= 0.3 is 0 Å². The Kier molecular flexibility index (Phi) is 7.73. The van der Waals surface area contributed by atoms with E-state index in [1.54, 1.807) is 0 Å². The van der Waals surface area contributed by atoms with Gasteiger partial charge in [0.05, 0.1) is 0 Å². The molecule has 0 radical (unpaired) electrons. The van der Waals surface area contributed by atoms with Crippen molar-refractivity contribution in [2.24, 2.45) is 11.8 Å². The van der Waals surface area contributed by atoms with Crippen LogP contribution in [-0.4, -0.2) is 10.9 Å². The Balaban J connectivity index is 0.00000137. The Hall–Kier alpha value is -0.980. The lowest BCUT2D eigenvalue weighted by atomic mass is 9.91. The van der Waals surface area contributed by atoms with E-state index in [4.69, 9.17) is 0 Å². The van der Waals surface area contributed by atoms with Crippen LogP contribution in [-0.2, 0) is 0 Å². The summed E-state index contributed by atoms with van der Waals surface area (Å²) in [5, 5.41) is 0. The van der Waals surface area contributed by atoms with Crippen molar-refractivity contribution in [3.63, 3.8) is 0 Å². The number of allylic oxidation sites excluding steroid dienone is 4. The maximum Gasteiger partial charge on any atom is 0.0274 e. The van der Waals surface area contributed by atoms with Crippen molar-refractivity contribution in [3.05, 3.63) is 35.7 Å². The summed E-state index contributed by atoms with van der Waals surface area (Å²) in [6, 6.07) is 0.521. The monoisotopic (exact) mass is 249 g/mol. The first-order valence-electron chi connectivity index (χ1n) is 7.31. The lowest BCUT2D eigenvalue weighted by Gasteiger charge is -2.19. The molecule has 0 aliphatic carbocycles. The van der Waals surface area contributed by atoms with Crippen LogP contribution in [0.4, 0.5) is 0 Å². The molecule has 1 heterocycles. The van der Waals surface area contributed by atoms with Gasteiger partial charge in [0, 0.05) is 18.4 Å². The molecule has 1 aliphatic heterocycles. The molecular weight excluding hydrogens is 218 g/mol. The molecule has 0 atom stereocenters. The Morgan fingerprint density at radius 2 is 1.06 bits per heavy atom. The summed E-state index contributed by atoms with van der Waals surface area (Å²) in [6.07, 6.45) is 8.96. The highest BCUT2D eigenvalue weighted by molar-refractivity contribution is 5.37. The summed E-state index contributed by atoms with van der Waals surface area (Å²) >= 11 is 0. The maximum atomic E-state index is 2.28. The van der Waals surface area contributed by atoms with Gasteiger partial charge in [0.25, 0.3) is 0 Å². The Bertz CT molecular complexity index is 289. The van der Waals surface area contributed by atoms with E-state index in [0.717, 1.165) is 0 Å². The molecule has 0 spiro atoms. The molecule has 0 aromatic carbocycles. The van der Waals surface area contributed by atoms with E-state index in [1.165, 1.54) is 11.1 Å². The Labute approximate surface area is 114 Å². The zero-order valence-corrected chi connectivity index (χ0v) is 13.5. The molecule has 1 aliphatic rings. The second kappa shape index (κ2) is 8.18. The fourth-order valence-electron chi connectivity index (χ4n) is 1.97. The van der Waals surface area contributed by atoms with E-state index in [-0.39, 0.29) is 0 Å². The van der Waals surface area contributed by atoms with Gasteiger partial charge in [-0.05, 0) is 49.0 Å². The third-order valence-electron chi connectivity index (χ3n) is 3.03. The van der Waals surface area contributed by atoms with Gasteiger partial charge in [-0.3, -0.25) is 0 Å². The predicted octanol–water partition coefficient (Wildman–Crippen LogP) is 5.37. The van der Waals surface area contributed by atoms with Crippen molar-refractivity contribution in [1.29, 1.82) is 0 Å². The molecule has 104 valence electrons. The summed E-state index contributed by atoms with van der Waals surface area (Å²) in [5.74, 6) is 1.18. The molecule has 0 amide bonds. The van der Waals surface area contributed by atoms with E-state index < -0.39 is 0 Å². The number of rotatable bonds is 3. The third-order valence-corrected chi connectivity index (χ3v) is 3.03. The molecule has 0 saturated heterocycles. The topological polar surface area (TPSA) is 3.24 Å². The first-order chi connectivity index (χ1) is 8.43. The summed E-state index contributed by atoms with van der Waals surface area (Å²) in [5.41, 5.74) is 2.93. The number of hydrogen-bond acceptors (Lipinski definition) is 1. The second-order valence-corrected chi connectivity index (χ2v) is 5.39. The minimum Gasteiger partial charge on any atom is -0.352 e. The summed E-state index contributed by atoms with van der Waals surface area (Å²) < 4.78 is 0.